The maximum absolute atomic E-state index is 11.9. The Labute approximate surface area is 118 Å². The zero-order chi connectivity index (χ0) is 14.5. The van der Waals surface area contributed by atoms with Gasteiger partial charge < -0.3 is 20.8 Å². The van der Waals surface area contributed by atoms with Crippen LogP contribution in [-0.4, -0.2) is 6.03 Å². The SMILES string of the molecule is Cc1ccc(C(C)NC(=O)Nc2cccc(CN)c2)o1. The number of benzene rings is 1. The summed E-state index contributed by atoms with van der Waals surface area (Å²) in [6.07, 6.45) is 0. The van der Waals surface area contributed by atoms with Gasteiger partial charge in [0, 0.05) is 12.2 Å². The third kappa shape index (κ3) is 3.61. The van der Waals surface area contributed by atoms with Crippen LogP contribution in [0.3, 0.4) is 0 Å². The van der Waals surface area contributed by atoms with Crippen molar-refractivity contribution in [1.29, 1.82) is 0 Å². The molecule has 5 nitrogen and oxygen atoms in total. The van der Waals surface area contributed by atoms with E-state index in [1.165, 1.54) is 0 Å². The van der Waals surface area contributed by atoms with E-state index in [9.17, 15) is 4.79 Å². The predicted octanol–water partition coefficient (Wildman–Crippen LogP) is 2.93. The van der Waals surface area contributed by atoms with Crippen molar-refractivity contribution in [3.63, 3.8) is 0 Å². The Hall–Kier alpha value is -2.27. The number of rotatable bonds is 4. The molecule has 1 aromatic heterocycles. The van der Waals surface area contributed by atoms with Crippen LogP contribution in [0.25, 0.3) is 0 Å². The molecule has 1 atom stereocenters. The summed E-state index contributed by atoms with van der Waals surface area (Å²) < 4.78 is 5.47. The Balaban J connectivity index is 1.95. The Morgan fingerprint density at radius 3 is 2.80 bits per heavy atom. The van der Waals surface area contributed by atoms with E-state index in [2.05, 4.69) is 10.6 Å². The summed E-state index contributed by atoms with van der Waals surface area (Å²) in [6, 6.07) is 10.7. The minimum absolute atomic E-state index is 0.193. The summed E-state index contributed by atoms with van der Waals surface area (Å²) in [4.78, 5) is 11.9. The quantitative estimate of drug-likeness (QED) is 0.801. The van der Waals surface area contributed by atoms with Gasteiger partial charge in [-0.1, -0.05) is 12.1 Å². The highest BCUT2D eigenvalue weighted by Crippen LogP contribution is 2.16. The van der Waals surface area contributed by atoms with Crippen molar-refractivity contribution >= 4 is 11.7 Å². The molecule has 0 aliphatic heterocycles. The van der Waals surface area contributed by atoms with Gasteiger partial charge in [0.15, 0.2) is 0 Å². The van der Waals surface area contributed by atoms with Crippen molar-refractivity contribution in [3.05, 3.63) is 53.5 Å². The smallest absolute Gasteiger partial charge is 0.319 e. The lowest BCUT2D eigenvalue weighted by atomic mass is 10.2. The number of amides is 2. The van der Waals surface area contributed by atoms with Gasteiger partial charge in [0.05, 0.1) is 6.04 Å². The van der Waals surface area contributed by atoms with Crippen LogP contribution < -0.4 is 16.4 Å². The molecule has 0 saturated heterocycles. The number of hydrogen-bond donors (Lipinski definition) is 3. The number of carbonyl (C=O) groups is 1. The second kappa shape index (κ2) is 6.25. The molecule has 1 unspecified atom stereocenters. The molecule has 106 valence electrons. The molecule has 0 aliphatic rings. The zero-order valence-corrected chi connectivity index (χ0v) is 11.6. The second-order valence-corrected chi connectivity index (χ2v) is 4.67. The molecule has 0 aliphatic carbocycles. The largest absolute Gasteiger partial charge is 0.464 e. The molecule has 1 heterocycles. The normalized spacial score (nSPS) is 11.9. The third-order valence-electron chi connectivity index (χ3n) is 2.96. The molecule has 0 saturated carbocycles. The molecule has 4 N–H and O–H groups in total. The van der Waals surface area contributed by atoms with Crippen LogP contribution >= 0.6 is 0 Å². The first-order valence-corrected chi connectivity index (χ1v) is 6.51. The van der Waals surface area contributed by atoms with Crippen molar-refractivity contribution in [2.24, 2.45) is 5.73 Å². The van der Waals surface area contributed by atoms with E-state index < -0.39 is 0 Å². The standard InChI is InChI=1S/C15H19N3O2/c1-10-6-7-14(20-10)11(2)17-15(19)18-13-5-3-4-12(8-13)9-16/h3-8,11H,9,16H2,1-2H3,(H2,17,18,19). The number of anilines is 1. The molecule has 5 heteroatoms. The highest BCUT2D eigenvalue weighted by atomic mass is 16.3. The average Bonchev–Trinajstić information content (AvgIpc) is 2.85. The average molecular weight is 273 g/mol. The van der Waals surface area contributed by atoms with E-state index in [0.29, 0.717) is 12.2 Å². The highest BCUT2D eigenvalue weighted by molar-refractivity contribution is 5.89. The molecule has 0 radical (unpaired) electrons. The first-order valence-electron chi connectivity index (χ1n) is 6.51. The number of hydrogen-bond acceptors (Lipinski definition) is 3. The van der Waals surface area contributed by atoms with E-state index in [1.807, 2.05) is 50.2 Å². The molecule has 0 fully saturated rings. The van der Waals surface area contributed by atoms with Crippen LogP contribution in [0.4, 0.5) is 10.5 Å². The van der Waals surface area contributed by atoms with E-state index in [4.69, 9.17) is 10.2 Å². The van der Waals surface area contributed by atoms with E-state index in [0.717, 1.165) is 17.1 Å². The van der Waals surface area contributed by atoms with Crippen molar-refractivity contribution < 1.29 is 9.21 Å². The van der Waals surface area contributed by atoms with Crippen LogP contribution in [-0.2, 0) is 6.54 Å². The lowest BCUT2D eigenvalue weighted by molar-refractivity contribution is 0.247. The number of urea groups is 1. The van der Waals surface area contributed by atoms with Crippen LogP contribution in [0.1, 0.15) is 30.0 Å². The van der Waals surface area contributed by atoms with Crippen molar-refractivity contribution in [3.8, 4) is 0 Å². The van der Waals surface area contributed by atoms with Crippen LogP contribution in [0.2, 0.25) is 0 Å². The summed E-state index contributed by atoms with van der Waals surface area (Å²) in [6.45, 7) is 4.18. The van der Waals surface area contributed by atoms with E-state index >= 15 is 0 Å². The molecular formula is C15H19N3O2. The molecule has 2 rings (SSSR count). The van der Waals surface area contributed by atoms with Crippen LogP contribution in [0.5, 0.6) is 0 Å². The van der Waals surface area contributed by atoms with E-state index in [1.54, 1.807) is 0 Å². The maximum Gasteiger partial charge on any atom is 0.319 e. The fraction of sp³-hybridized carbons (Fsp3) is 0.267. The van der Waals surface area contributed by atoms with Gasteiger partial charge in [0.2, 0.25) is 0 Å². The monoisotopic (exact) mass is 273 g/mol. The summed E-state index contributed by atoms with van der Waals surface area (Å²) in [5.74, 6) is 1.55. The first-order chi connectivity index (χ1) is 9.58. The number of nitrogens with two attached hydrogens (primary N) is 1. The highest BCUT2D eigenvalue weighted by Gasteiger charge is 2.12. The molecule has 0 bridgehead atoms. The number of nitrogens with one attached hydrogen (secondary N) is 2. The zero-order valence-electron chi connectivity index (χ0n) is 11.6. The summed E-state index contributed by atoms with van der Waals surface area (Å²) in [5.41, 5.74) is 7.25. The minimum Gasteiger partial charge on any atom is -0.464 e. The Morgan fingerprint density at radius 2 is 2.15 bits per heavy atom. The van der Waals surface area contributed by atoms with Gasteiger partial charge in [-0.15, -0.1) is 0 Å². The van der Waals surface area contributed by atoms with Gasteiger partial charge in [-0.2, -0.15) is 0 Å². The third-order valence-corrected chi connectivity index (χ3v) is 2.96. The van der Waals surface area contributed by atoms with E-state index in [-0.39, 0.29) is 12.1 Å². The van der Waals surface area contributed by atoms with Gasteiger partial charge in [-0.3, -0.25) is 0 Å². The molecule has 2 aromatic rings. The van der Waals surface area contributed by atoms with Crippen molar-refractivity contribution in [1.82, 2.24) is 5.32 Å². The molecule has 1 aromatic carbocycles. The number of carbonyl (C=O) groups excluding carboxylic acids is 1. The summed E-state index contributed by atoms with van der Waals surface area (Å²) in [7, 11) is 0. The Bertz CT molecular complexity index is 592. The minimum atomic E-state index is -0.277. The second-order valence-electron chi connectivity index (χ2n) is 4.67. The fourth-order valence-electron chi connectivity index (χ4n) is 1.90. The molecule has 0 spiro atoms. The molecular weight excluding hydrogens is 254 g/mol. The van der Waals surface area contributed by atoms with Crippen molar-refractivity contribution in [2.45, 2.75) is 26.4 Å². The van der Waals surface area contributed by atoms with Gasteiger partial charge >= 0.3 is 6.03 Å². The summed E-state index contributed by atoms with van der Waals surface area (Å²) >= 11 is 0. The van der Waals surface area contributed by atoms with Crippen LogP contribution in [0, 0.1) is 6.92 Å². The van der Waals surface area contributed by atoms with Gasteiger partial charge in [-0.25, -0.2) is 4.79 Å². The topological polar surface area (TPSA) is 80.3 Å². The molecule has 2 amide bonds. The van der Waals surface area contributed by atoms with Gasteiger partial charge in [0.1, 0.15) is 11.5 Å². The van der Waals surface area contributed by atoms with Gasteiger partial charge in [0.25, 0.3) is 0 Å². The maximum atomic E-state index is 11.9. The van der Waals surface area contributed by atoms with Crippen LogP contribution in [0.15, 0.2) is 40.8 Å². The molecule has 20 heavy (non-hydrogen) atoms. The lowest BCUT2D eigenvalue weighted by Gasteiger charge is -2.13. The van der Waals surface area contributed by atoms with Gasteiger partial charge in [-0.05, 0) is 43.7 Å². The first kappa shape index (κ1) is 14.1. The summed E-state index contributed by atoms with van der Waals surface area (Å²) in [5, 5.41) is 5.60. The fourth-order valence-corrected chi connectivity index (χ4v) is 1.90. The Morgan fingerprint density at radius 1 is 1.35 bits per heavy atom. The van der Waals surface area contributed by atoms with Crippen molar-refractivity contribution in [2.75, 3.05) is 5.32 Å². The lowest BCUT2D eigenvalue weighted by Crippen LogP contribution is -2.31. The number of furan rings is 1. The number of aryl methyl sites for hydroxylation is 1. The Kier molecular flexibility index (Phi) is 4.42. The predicted molar refractivity (Wildman–Crippen MR) is 78.3 cm³/mol.